The average molecular weight is 395 g/mol. The Morgan fingerprint density at radius 2 is 2.21 bits per heavy atom. The molecule has 2 saturated heterocycles. The van der Waals surface area contributed by atoms with Crippen molar-refractivity contribution in [1.29, 1.82) is 0 Å². The quantitative estimate of drug-likeness (QED) is 0.840. The third-order valence-electron chi connectivity index (χ3n) is 6.94. The summed E-state index contributed by atoms with van der Waals surface area (Å²) in [6.07, 6.45) is 11.5. The minimum Gasteiger partial charge on any atom is -0.396 e. The van der Waals surface area contributed by atoms with E-state index in [1.54, 1.807) is 10.9 Å². The van der Waals surface area contributed by atoms with Gasteiger partial charge in [0.1, 0.15) is 0 Å². The number of rotatable bonds is 5. The number of anilines is 1. The normalized spacial score (nSPS) is 26.6. The van der Waals surface area contributed by atoms with Gasteiger partial charge in [-0.2, -0.15) is 5.10 Å². The van der Waals surface area contributed by atoms with E-state index in [-0.39, 0.29) is 6.61 Å². The third-order valence-corrected chi connectivity index (χ3v) is 6.94. The third kappa shape index (κ3) is 3.36. The summed E-state index contributed by atoms with van der Waals surface area (Å²) in [5.74, 6) is 1.19. The molecule has 5 rings (SSSR count). The molecule has 29 heavy (non-hydrogen) atoms. The minimum absolute atomic E-state index is 0.252. The highest BCUT2D eigenvalue weighted by molar-refractivity contribution is 5.38. The van der Waals surface area contributed by atoms with Gasteiger partial charge in [-0.1, -0.05) is 6.58 Å². The monoisotopic (exact) mass is 394 g/mol. The second kappa shape index (κ2) is 7.54. The highest BCUT2D eigenvalue weighted by Crippen LogP contribution is 2.44. The fourth-order valence-electron chi connectivity index (χ4n) is 5.32. The Bertz CT molecular complexity index is 909. The first kappa shape index (κ1) is 18.8. The molecular formula is C22H30N6O. The van der Waals surface area contributed by atoms with Gasteiger partial charge >= 0.3 is 0 Å². The largest absolute Gasteiger partial charge is 0.396 e. The highest BCUT2D eigenvalue weighted by atomic mass is 16.3. The summed E-state index contributed by atoms with van der Waals surface area (Å²) in [5, 5.41) is 14.0. The van der Waals surface area contributed by atoms with Gasteiger partial charge < -0.3 is 10.0 Å². The maximum atomic E-state index is 9.53. The Hall–Kier alpha value is -2.25. The number of aliphatic hydroxyl groups is 1. The highest BCUT2D eigenvalue weighted by Gasteiger charge is 2.41. The zero-order chi connectivity index (χ0) is 20.0. The molecule has 0 saturated carbocycles. The molecule has 0 spiro atoms. The molecule has 0 amide bonds. The summed E-state index contributed by atoms with van der Waals surface area (Å²) in [7, 11) is 0. The van der Waals surface area contributed by atoms with Crippen molar-refractivity contribution in [2.75, 3.05) is 24.6 Å². The lowest BCUT2D eigenvalue weighted by molar-refractivity contribution is 0.166. The van der Waals surface area contributed by atoms with Crippen LogP contribution < -0.4 is 4.90 Å². The van der Waals surface area contributed by atoms with Crippen molar-refractivity contribution >= 4 is 12.1 Å². The molecular weight excluding hydrogens is 364 g/mol. The Balaban J connectivity index is 1.37. The number of aryl methyl sites for hydroxylation is 1. The zero-order valence-electron chi connectivity index (χ0n) is 17.2. The first-order valence-electron chi connectivity index (χ1n) is 10.8. The number of aromatic nitrogens is 4. The van der Waals surface area contributed by atoms with Crippen LogP contribution in [0.2, 0.25) is 0 Å². The molecule has 7 nitrogen and oxygen atoms in total. The van der Waals surface area contributed by atoms with Gasteiger partial charge in [0.05, 0.1) is 11.4 Å². The fourth-order valence-corrected chi connectivity index (χ4v) is 5.32. The molecule has 5 heterocycles. The summed E-state index contributed by atoms with van der Waals surface area (Å²) in [6, 6.07) is 0.934. The molecule has 2 bridgehead atoms. The molecule has 0 aliphatic carbocycles. The van der Waals surface area contributed by atoms with Crippen LogP contribution in [0.3, 0.4) is 0 Å². The van der Waals surface area contributed by atoms with Gasteiger partial charge in [0.25, 0.3) is 0 Å². The van der Waals surface area contributed by atoms with Crippen LogP contribution in [0.25, 0.3) is 6.20 Å². The summed E-state index contributed by atoms with van der Waals surface area (Å²) in [6.45, 7) is 8.90. The van der Waals surface area contributed by atoms with Gasteiger partial charge in [0.15, 0.2) is 0 Å². The van der Waals surface area contributed by atoms with Crippen molar-refractivity contribution < 1.29 is 5.11 Å². The van der Waals surface area contributed by atoms with Crippen molar-refractivity contribution in [3.05, 3.63) is 41.5 Å². The molecule has 7 heteroatoms. The van der Waals surface area contributed by atoms with Gasteiger partial charge in [-0.3, -0.25) is 4.90 Å². The molecule has 3 unspecified atom stereocenters. The molecule has 2 aromatic heterocycles. The van der Waals surface area contributed by atoms with Gasteiger partial charge in [-0.15, -0.1) is 0 Å². The lowest BCUT2D eigenvalue weighted by Gasteiger charge is -2.37. The second-order valence-corrected chi connectivity index (χ2v) is 8.73. The molecule has 2 fully saturated rings. The van der Waals surface area contributed by atoms with E-state index in [1.807, 2.05) is 0 Å². The predicted octanol–water partition coefficient (Wildman–Crippen LogP) is 2.55. The number of piperidine rings is 1. The fraction of sp³-hybridized carbons (Fsp3) is 0.591. The van der Waals surface area contributed by atoms with Crippen LogP contribution in [0, 0.1) is 12.8 Å². The second-order valence-electron chi connectivity index (χ2n) is 8.73. The number of aliphatic hydroxyl groups excluding tert-OH is 1. The molecule has 3 aliphatic rings. The Labute approximate surface area is 172 Å². The van der Waals surface area contributed by atoms with Crippen molar-refractivity contribution in [2.45, 2.75) is 57.7 Å². The van der Waals surface area contributed by atoms with Crippen LogP contribution in [0.5, 0.6) is 0 Å². The van der Waals surface area contributed by atoms with Crippen molar-refractivity contribution in [1.82, 2.24) is 24.6 Å². The summed E-state index contributed by atoms with van der Waals surface area (Å²) in [4.78, 5) is 14.6. The van der Waals surface area contributed by atoms with Crippen molar-refractivity contribution in [3.8, 4) is 0 Å². The van der Waals surface area contributed by atoms with E-state index in [1.165, 1.54) is 29.7 Å². The maximum absolute atomic E-state index is 9.53. The van der Waals surface area contributed by atoms with Crippen LogP contribution in [-0.2, 0) is 13.0 Å². The standard InChI is InChI=1S/C22H30N6O/c1-3-27-12-17(15(2)25-27)13-28-18-6-7-21(28)19-10-23-22(24-20(19)9-18)26-8-4-5-16(11-26)14-29/h3,10,12,16,18,21,29H,1,4-9,11,13-14H2,2H3. The summed E-state index contributed by atoms with van der Waals surface area (Å²) >= 11 is 0. The average Bonchev–Trinajstić information content (AvgIpc) is 3.25. The van der Waals surface area contributed by atoms with E-state index in [4.69, 9.17) is 9.97 Å². The van der Waals surface area contributed by atoms with E-state index in [0.717, 1.165) is 50.5 Å². The SMILES string of the molecule is C=Cn1cc(CN2C3CCC2c2cnc(N4CCCC(CO)C4)nc2C3)c(C)n1. The van der Waals surface area contributed by atoms with Gasteiger partial charge in [0.2, 0.25) is 5.95 Å². The number of hydrogen-bond donors (Lipinski definition) is 1. The predicted molar refractivity (Wildman–Crippen MR) is 112 cm³/mol. The lowest BCUT2D eigenvalue weighted by atomic mass is 9.98. The molecule has 2 aromatic rings. The Kier molecular flexibility index (Phi) is 4.87. The van der Waals surface area contributed by atoms with Crippen molar-refractivity contribution in [2.24, 2.45) is 5.92 Å². The van der Waals surface area contributed by atoms with Crippen LogP contribution in [0.1, 0.15) is 54.2 Å². The smallest absolute Gasteiger partial charge is 0.225 e. The summed E-state index contributed by atoms with van der Waals surface area (Å²) < 4.78 is 1.80. The first-order chi connectivity index (χ1) is 14.2. The first-order valence-corrected chi connectivity index (χ1v) is 10.8. The lowest BCUT2D eigenvalue weighted by Crippen LogP contribution is -2.40. The zero-order valence-corrected chi connectivity index (χ0v) is 17.2. The van der Waals surface area contributed by atoms with E-state index < -0.39 is 0 Å². The van der Waals surface area contributed by atoms with Crippen LogP contribution in [-0.4, -0.2) is 55.5 Å². The number of hydrogen-bond acceptors (Lipinski definition) is 6. The van der Waals surface area contributed by atoms with Crippen molar-refractivity contribution in [3.63, 3.8) is 0 Å². The van der Waals surface area contributed by atoms with E-state index in [2.05, 4.69) is 40.8 Å². The van der Waals surface area contributed by atoms with Gasteiger partial charge in [-0.05, 0) is 38.5 Å². The van der Waals surface area contributed by atoms with Gasteiger partial charge in [0, 0.05) is 74.5 Å². The van der Waals surface area contributed by atoms with Gasteiger partial charge in [-0.25, -0.2) is 14.6 Å². The van der Waals surface area contributed by atoms with Crippen LogP contribution in [0.4, 0.5) is 5.95 Å². The number of fused-ring (bicyclic) bond motifs is 4. The summed E-state index contributed by atoms with van der Waals surface area (Å²) in [5.41, 5.74) is 4.87. The minimum atomic E-state index is 0.252. The molecule has 1 N–H and O–H groups in total. The maximum Gasteiger partial charge on any atom is 0.225 e. The number of nitrogens with zero attached hydrogens (tertiary/aromatic N) is 6. The molecule has 3 atom stereocenters. The van der Waals surface area contributed by atoms with Crippen LogP contribution >= 0.6 is 0 Å². The molecule has 154 valence electrons. The topological polar surface area (TPSA) is 70.3 Å². The molecule has 0 radical (unpaired) electrons. The van der Waals surface area contributed by atoms with E-state index in [9.17, 15) is 5.11 Å². The Morgan fingerprint density at radius 1 is 1.31 bits per heavy atom. The molecule has 0 aromatic carbocycles. The molecule has 3 aliphatic heterocycles. The van der Waals surface area contributed by atoms with E-state index in [0.29, 0.717) is 18.0 Å². The Morgan fingerprint density at radius 3 is 3.00 bits per heavy atom. The van der Waals surface area contributed by atoms with Crippen LogP contribution in [0.15, 0.2) is 19.0 Å². The van der Waals surface area contributed by atoms with E-state index >= 15 is 0 Å².